The average molecular weight is 348 g/mol. The number of hydrogen-bond donors (Lipinski definition) is 0. The van der Waals surface area contributed by atoms with Crippen molar-refractivity contribution in [3.63, 3.8) is 0 Å². The summed E-state index contributed by atoms with van der Waals surface area (Å²) in [5.74, 6) is 1.11. The van der Waals surface area contributed by atoms with Crippen molar-refractivity contribution >= 4 is 22.3 Å². The highest BCUT2D eigenvalue weighted by atomic mass is 16.5. The Hall–Kier alpha value is -2.46. The number of benzene rings is 2. The number of nitrogens with zero attached hydrogens (tertiary/aromatic N) is 2. The second-order valence-electron chi connectivity index (χ2n) is 7.09. The number of para-hydroxylation sites is 2. The van der Waals surface area contributed by atoms with E-state index in [1.54, 1.807) is 0 Å². The molecule has 4 heteroatoms. The Kier molecular flexibility index (Phi) is 4.06. The molecule has 0 radical (unpaired) electrons. The van der Waals surface area contributed by atoms with E-state index in [1.807, 2.05) is 0 Å². The van der Waals surface area contributed by atoms with E-state index in [9.17, 15) is 0 Å². The Bertz CT molecular complexity index is 911. The maximum Gasteiger partial charge on any atom is 0.136 e. The molecule has 0 N–H and O–H groups in total. The highest BCUT2D eigenvalue weighted by Gasteiger charge is 2.23. The Morgan fingerprint density at radius 2 is 1.69 bits per heavy atom. The van der Waals surface area contributed by atoms with E-state index in [-0.39, 0.29) is 0 Å². The monoisotopic (exact) mass is 348 g/mol. The molecule has 26 heavy (non-hydrogen) atoms. The molecule has 1 aromatic heterocycles. The molecular weight excluding hydrogens is 324 g/mol. The number of hydrogen-bond acceptors (Lipinski definition) is 4. The third-order valence-corrected chi connectivity index (χ3v) is 5.56. The molecule has 1 saturated heterocycles. The van der Waals surface area contributed by atoms with Gasteiger partial charge in [0.2, 0.25) is 0 Å². The number of furan rings is 1. The number of rotatable bonds is 4. The summed E-state index contributed by atoms with van der Waals surface area (Å²) >= 11 is 0. The van der Waals surface area contributed by atoms with E-state index in [0.717, 1.165) is 63.6 Å². The van der Waals surface area contributed by atoms with Gasteiger partial charge in [-0.1, -0.05) is 30.3 Å². The van der Waals surface area contributed by atoms with E-state index < -0.39 is 0 Å². The summed E-state index contributed by atoms with van der Waals surface area (Å²) in [5.41, 5.74) is 5.12. The SMILES string of the molecule is c1ccc2c(c1)CCN2CCc1oc2ccccc2c1N1CCOCC1. The predicted molar refractivity (Wildman–Crippen MR) is 105 cm³/mol. The third-order valence-electron chi connectivity index (χ3n) is 5.56. The predicted octanol–water partition coefficient (Wildman–Crippen LogP) is 3.87. The van der Waals surface area contributed by atoms with Crippen LogP contribution in [0.15, 0.2) is 52.9 Å². The summed E-state index contributed by atoms with van der Waals surface area (Å²) in [7, 11) is 0. The normalized spacial score (nSPS) is 17.1. The van der Waals surface area contributed by atoms with Gasteiger partial charge >= 0.3 is 0 Å². The number of ether oxygens (including phenoxy) is 1. The van der Waals surface area contributed by atoms with Crippen molar-refractivity contribution < 1.29 is 9.15 Å². The molecule has 0 saturated carbocycles. The molecule has 3 heterocycles. The molecule has 0 bridgehead atoms. The highest BCUT2D eigenvalue weighted by Crippen LogP contribution is 2.35. The van der Waals surface area contributed by atoms with E-state index >= 15 is 0 Å². The minimum Gasteiger partial charge on any atom is -0.459 e. The Morgan fingerprint density at radius 3 is 2.62 bits per heavy atom. The second kappa shape index (κ2) is 6.69. The summed E-state index contributed by atoms with van der Waals surface area (Å²) < 4.78 is 11.8. The summed E-state index contributed by atoms with van der Waals surface area (Å²) in [6, 6.07) is 17.2. The molecule has 2 aliphatic rings. The first kappa shape index (κ1) is 15.8. The lowest BCUT2D eigenvalue weighted by Gasteiger charge is -2.29. The first-order chi connectivity index (χ1) is 12.9. The lowest BCUT2D eigenvalue weighted by Crippen LogP contribution is -2.36. The van der Waals surface area contributed by atoms with Gasteiger partial charge in [0.1, 0.15) is 11.3 Å². The Morgan fingerprint density at radius 1 is 0.885 bits per heavy atom. The van der Waals surface area contributed by atoms with Crippen LogP contribution in [0, 0.1) is 0 Å². The van der Waals surface area contributed by atoms with Crippen LogP contribution in [0.1, 0.15) is 11.3 Å². The lowest BCUT2D eigenvalue weighted by atomic mass is 10.1. The van der Waals surface area contributed by atoms with Crippen LogP contribution in [0.5, 0.6) is 0 Å². The molecule has 5 rings (SSSR count). The van der Waals surface area contributed by atoms with Crippen LogP contribution < -0.4 is 9.80 Å². The molecule has 0 aliphatic carbocycles. The molecule has 3 aromatic rings. The van der Waals surface area contributed by atoms with Gasteiger partial charge in [-0.15, -0.1) is 0 Å². The maximum absolute atomic E-state index is 6.29. The first-order valence-electron chi connectivity index (χ1n) is 9.56. The molecule has 0 amide bonds. The number of anilines is 2. The third kappa shape index (κ3) is 2.74. The summed E-state index contributed by atoms with van der Waals surface area (Å²) in [6.45, 7) is 5.55. The van der Waals surface area contributed by atoms with Gasteiger partial charge in [0.05, 0.1) is 18.9 Å². The average Bonchev–Trinajstić information content (AvgIpc) is 3.28. The highest BCUT2D eigenvalue weighted by molar-refractivity contribution is 5.93. The standard InChI is InChI=1S/C22H24N2O2/c1-3-7-19-17(5-1)9-11-23(19)12-10-21-22(24-13-15-25-16-14-24)18-6-2-4-8-20(18)26-21/h1-8H,9-16H2. The Balaban J connectivity index is 1.43. The molecule has 0 unspecified atom stereocenters. The quantitative estimate of drug-likeness (QED) is 0.716. The number of fused-ring (bicyclic) bond motifs is 2. The molecule has 0 spiro atoms. The van der Waals surface area contributed by atoms with Crippen molar-refractivity contribution in [3.05, 3.63) is 59.9 Å². The molecule has 0 atom stereocenters. The van der Waals surface area contributed by atoms with E-state index in [1.165, 1.54) is 22.3 Å². The van der Waals surface area contributed by atoms with Crippen molar-refractivity contribution in [1.29, 1.82) is 0 Å². The topological polar surface area (TPSA) is 28.9 Å². The first-order valence-corrected chi connectivity index (χ1v) is 9.56. The van der Waals surface area contributed by atoms with Crippen molar-refractivity contribution in [3.8, 4) is 0 Å². The van der Waals surface area contributed by atoms with E-state index in [2.05, 4.69) is 58.3 Å². The van der Waals surface area contributed by atoms with Gasteiger partial charge in [0, 0.05) is 43.7 Å². The molecule has 1 fully saturated rings. The molecule has 4 nitrogen and oxygen atoms in total. The van der Waals surface area contributed by atoms with Gasteiger partial charge in [-0.25, -0.2) is 0 Å². The van der Waals surface area contributed by atoms with Gasteiger partial charge in [0.15, 0.2) is 0 Å². The summed E-state index contributed by atoms with van der Waals surface area (Å²) in [4.78, 5) is 4.92. The van der Waals surface area contributed by atoms with E-state index in [4.69, 9.17) is 9.15 Å². The summed E-state index contributed by atoms with van der Waals surface area (Å²) in [5, 5.41) is 1.23. The van der Waals surface area contributed by atoms with Crippen LogP contribution in [-0.2, 0) is 17.6 Å². The fraction of sp³-hybridized carbons (Fsp3) is 0.364. The fourth-order valence-electron chi connectivity index (χ4n) is 4.26. The van der Waals surface area contributed by atoms with Crippen LogP contribution in [0.3, 0.4) is 0 Å². The smallest absolute Gasteiger partial charge is 0.136 e. The van der Waals surface area contributed by atoms with Gasteiger partial charge in [0.25, 0.3) is 0 Å². The molecule has 134 valence electrons. The van der Waals surface area contributed by atoms with Gasteiger partial charge < -0.3 is 19.0 Å². The zero-order valence-corrected chi connectivity index (χ0v) is 15.0. The van der Waals surface area contributed by atoms with Crippen LogP contribution in [0.2, 0.25) is 0 Å². The van der Waals surface area contributed by atoms with Crippen molar-refractivity contribution in [2.24, 2.45) is 0 Å². The van der Waals surface area contributed by atoms with Crippen LogP contribution in [0.25, 0.3) is 11.0 Å². The van der Waals surface area contributed by atoms with Crippen molar-refractivity contribution in [2.45, 2.75) is 12.8 Å². The van der Waals surface area contributed by atoms with Gasteiger partial charge in [-0.3, -0.25) is 0 Å². The molecule has 2 aromatic carbocycles. The van der Waals surface area contributed by atoms with Crippen molar-refractivity contribution in [2.75, 3.05) is 49.2 Å². The van der Waals surface area contributed by atoms with Crippen LogP contribution >= 0.6 is 0 Å². The zero-order chi connectivity index (χ0) is 17.3. The molecular formula is C22H24N2O2. The van der Waals surface area contributed by atoms with E-state index in [0.29, 0.717) is 0 Å². The van der Waals surface area contributed by atoms with Gasteiger partial charge in [-0.05, 0) is 30.2 Å². The fourth-order valence-corrected chi connectivity index (χ4v) is 4.26. The van der Waals surface area contributed by atoms with Crippen LogP contribution in [-0.4, -0.2) is 39.4 Å². The maximum atomic E-state index is 6.29. The second-order valence-corrected chi connectivity index (χ2v) is 7.09. The van der Waals surface area contributed by atoms with Crippen LogP contribution in [0.4, 0.5) is 11.4 Å². The Labute approximate surface area is 154 Å². The number of morpholine rings is 1. The minimum atomic E-state index is 0.790. The van der Waals surface area contributed by atoms with Crippen molar-refractivity contribution in [1.82, 2.24) is 0 Å². The molecule has 2 aliphatic heterocycles. The summed E-state index contributed by atoms with van der Waals surface area (Å²) in [6.07, 6.45) is 2.07. The lowest BCUT2D eigenvalue weighted by molar-refractivity contribution is 0.122. The largest absolute Gasteiger partial charge is 0.459 e. The minimum absolute atomic E-state index is 0.790. The van der Waals surface area contributed by atoms with Gasteiger partial charge in [-0.2, -0.15) is 0 Å². The zero-order valence-electron chi connectivity index (χ0n) is 15.0.